The Hall–Kier alpha value is -1.52. The number of nitrogens with one attached hydrogen (secondary N) is 1. The van der Waals surface area contributed by atoms with Crippen LogP contribution in [0.3, 0.4) is 0 Å². The molecule has 100 valence electrons. The van der Waals surface area contributed by atoms with Crippen molar-refractivity contribution >= 4 is 29.1 Å². The number of rotatable bonds is 3. The Morgan fingerprint density at radius 3 is 2.74 bits per heavy atom. The molecule has 0 aliphatic rings. The monoisotopic (exact) mass is 297 g/mol. The molecule has 1 atom stereocenters. The second-order valence-corrected chi connectivity index (χ2v) is 5.11. The van der Waals surface area contributed by atoms with Crippen LogP contribution < -0.4 is 5.32 Å². The summed E-state index contributed by atoms with van der Waals surface area (Å²) in [5.41, 5.74) is 1.34. The van der Waals surface area contributed by atoms with Crippen LogP contribution in [0, 0.1) is 0 Å². The van der Waals surface area contributed by atoms with E-state index in [2.05, 4.69) is 10.4 Å². The van der Waals surface area contributed by atoms with Crippen LogP contribution in [0.5, 0.6) is 0 Å². The van der Waals surface area contributed by atoms with Crippen molar-refractivity contribution in [1.82, 2.24) is 15.1 Å². The standard InChI is InChI=1S/C13H13Cl2N3O/c1-8(9-6-16-18(2)7-9)17-13(19)11-4-3-10(14)5-12(11)15/h3-8H,1-2H3,(H,17,19). The van der Waals surface area contributed by atoms with Gasteiger partial charge in [0, 0.05) is 23.8 Å². The predicted molar refractivity (Wildman–Crippen MR) is 75.6 cm³/mol. The first-order valence-electron chi connectivity index (χ1n) is 5.72. The van der Waals surface area contributed by atoms with E-state index in [0.717, 1.165) is 5.56 Å². The minimum atomic E-state index is -0.238. The Morgan fingerprint density at radius 2 is 2.16 bits per heavy atom. The minimum Gasteiger partial charge on any atom is -0.345 e. The van der Waals surface area contributed by atoms with E-state index in [0.29, 0.717) is 15.6 Å². The number of carbonyl (C=O) groups is 1. The van der Waals surface area contributed by atoms with Crippen molar-refractivity contribution in [3.8, 4) is 0 Å². The summed E-state index contributed by atoms with van der Waals surface area (Å²) in [6, 6.07) is 4.65. The van der Waals surface area contributed by atoms with Gasteiger partial charge < -0.3 is 5.32 Å². The zero-order chi connectivity index (χ0) is 14.0. The molecule has 0 spiro atoms. The molecule has 1 aromatic carbocycles. The molecule has 0 aliphatic heterocycles. The van der Waals surface area contributed by atoms with Gasteiger partial charge in [0.25, 0.3) is 5.91 Å². The summed E-state index contributed by atoms with van der Waals surface area (Å²) in [4.78, 5) is 12.1. The Kier molecular flexibility index (Phi) is 4.12. The maximum atomic E-state index is 12.1. The zero-order valence-electron chi connectivity index (χ0n) is 10.5. The van der Waals surface area contributed by atoms with Crippen LogP contribution in [-0.2, 0) is 7.05 Å². The van der Waals surface area contributed by atoms with Gasteiger partial charge in [-0.3, -0.25) is 9.48 Å². The smallest absolute Gasteiger partial charge is 0.253 e. The molecule has 1 heterocycles. The number of benzene rings is 1. The summed E-state index contributed by atoms with van der Waals surface area (Å²) in [5, 5.41) is 7.77. The average Bonchev–Trinajstić information content (AvgIpc) is 2.75. The van der Waals surface area contributed by atoms with Crippen LogP contribution in [0.15, 0.2) is 30.6 Å². The van der Waals surface area contributed by atoms with Crippen LogP contribution in [0.2, 0.25) is 10.0 Å². The third-order valence-corrected chi connectivity index (χ3v) is 3.30. The molecule has 1 amide bonds. The molecule has 0 radical (unpaired) electrons. The van der Waals surface area contributed by atoms with E-state index in [1.54, 1.807) is 29.1 Å². The van der Waals surface area contributed by atoms with Crippen LogP contribution in [0.25, 0.3) is 0 Å². The van der Waals surface area contributed by atoms with Gasteiger partial charge in [-0.15, -0.1) is 0 Å². The number of carbonyl (C=O) groups excluding carboxylic acids is 1. The van der Waals surface area contributed by atoms with E-state index in [1.165, 1.54) is 0 Å². The fourth-order valence-corrected chi connectivity index (χ4v) is 2.19. The maximum absolute atomic E-state index is 12.1. The van der Waals surface area contributed by atoms with Gasteiger partial charge in [0.15, 0.2) is 0 Å². The minimum absolute atomic E-state index is 0.145. The highest BCUT2D eigenvalue weighted by Crippen LogP contribution is 2.21. The number of aromatic nitrogens is 2. The largest absolute Gasteiger partial charge is 0.345 e. The number of hydrogen-bond acceptors (Lipinski definition) is 2. The topological polar surface area (TPSA) is 46.9 Å². The number of hydrogen-bond donors (Lipinski definition) is 1. The fourth-order valence-electron chi connectivity index (χ4n) is 1.70. The highest BCUT2D eigenvalue weighted by molar-refractivity contribution is 6.36. The van der Waals surface area contributed by atoms with Crippen molar-refractivity contribution < 1.29 is 4.79 Å². The van der Waals surface area contributed by atoms with Crippen molar-refractivity contribution in [2.75, 3.05) is 0 Å². The van der Waals surface area contributed by atoms with Crippen molar-refractivity contribution in [1.29, 1.82) is 0 Å². The lowest BCUT2D eigenvalue weighted by molar-refractivity contribution is 0.0940. The summed E-state index contributed by atoms with van der Waals surface area (Å²) >= 11 is 11.8. The summed E-state index contributed by atoms with van der Waals surface area (Å²) < 4.78 is 1.69. The molecular formula is C13H13Cl2N3O. The molecule has 0 aliphatic carbocycles. The molecule has 2 rings (SSSR count). The number of aryl methyl sites for hydroxylation is 1. The average molecular weight is 298 g/mol. The van der Waals surface area contributed by atoms with Gasteiger partial charge in [-0.1, -0.05) is 23.2 Å². The van der Waals surface area contributed by atoms with E-state index in [4.69, 9.17) is 23.2 Å². The number of halogens is 2. The molecule has 6 heteroatoms. The SMILES string of the molecule is CC(NC(=O)c1ccc(Cl)cc1Cl)c1cnn(C)c1. The Balaban J connectivity index is 2.12. The third kappa shape index (κ3) is 3.28. The van der Waals surface area contributed by atoms with Crippen LogP contribution in [-0.4, -0.2) is 15.7 Å². The second kappa shape index (κ2) is 5.63. The second-order valence-electron chi connectivity index (χ2n) is 4.27. The van der Waals surface area contributed by atoms with Gasteiger partial charge in [0.05, 0.1) is 22.8 Å². The first kappa shape index (κ1) is 13.9. The number of amides is 1. The molecule has 0 bridgehead atoms. The fraction of sp³-hybridized carbons (Fsp3) is 0.231. The van der Waals surface area contributed by atoms with Crippen molar-refractivity contribution in [3.05, 3.63) is 51.8 Å². The Bertz CT molecular complexity index is 610. The molecule has 0 fully saturated rings. The van der Waals surface area contributed by atoms with E-state index >= 15 is 0 Å². The van der Waals surface area contributed by atoms with E-state index < -0.39 is 0 Å². The van der Waals surface area contributed by atoms with Gasteiger partial charge >= 0.3 is 0 Å². The summed E-state index contributed by atoms with van der Waals surface area (Å²) in [7, 11) is 1.83. The van der Waals surface area contributed by atoms with E-state index in [1.807, 2.05) is 20.2 Å². The summed E-state index contributed by atoms with van der Waals surface area (Å²) in [6.07, 6.45) is 3.57. The molecule has 1 unspecified atom stereocenters. The van der Waals surface area contributed by atoms with Gasteiger partial charge in [0.1, 0.15) is 0 Å². The zero-order valence-corrected chi connectivity index (χ0v) is 12.0. The highest BCUT2D eigenvalue weighted by atomic mass is 35.5. The lowest BCUT2D eigenvalue weighted by Crippen LogP contribution is -2.26. The molecule has 2 aromatic rings. The molecule has 0 saturated heterocycles. The van der Waals surface area contributed by atoms with Crippen molar-refractivity contribution in [2.45, 2.75) is 13.0 Å². The van der Waals surface area contributed by atoms with E-state index in [9.17, 15) is 4.79 Å². The first-order chi connectivity index (χ1) is 8.97. The summed E-state index contributed by atoms with van der Waals surface area (Å²) in [6.45, 7) is 1.89. The lowest BCUT2D eigenvalue weighted by atomic mass is 10.1. The summed E-state index contributed by atoms with van der Waals surface area (Å²) in [5.74, 6) is -0.238. The highest BCUT2D eigenvalue weighted by Gasteiger charge is 2.15. The molecule has 1 aromatic heterocycles. The van der Waals surface area contributed by atoms with Gasteiger partial charge in [0.2, 0.25) is 0 Å². The Labute approximate surface area is 121 Å². The lowest BCUT2D eigenvalue weighted by Gasteiger charge is -2.13. The van der Waals surface area contributed by atoms with Crippen LogP contribution in [0.4, 0.5) is 0 Å². The van der Waals surface area contributed by atoms with Crippen LogP contribution in [0.1, 0.15) is 28.9 Å². The maximum Gasteiger partial charge on any atom is 0.253 e. The third-order valence-electron chi connectivity index (χ3n) is 2.75. The van der Waals surface area contributed by atoms with Gasteiger partial charge in [-0.25, -0.2) is 0 Å². The number of nitrogens with zero attached hydrogens (tertiary/aromatic N) is 2. The Morgan fingerprint density at radius 1 is 1.42 bits per heavy atom. The van der Waals surface area contributed by atoms with Crippen LogP contribution >= 0.6 is 23.2 Å². The molecular weight excluding hydrogens is 285 g/mol. The molecule has 4 nitrogen and oxygen atoms in total. The molecule has 0 saturated carbocycles. The molecule has 1 N–H and O–H groups in total. The van der Waals surface area contributed by atoms with Gasteiger partial charge in [-0.2, -0.15) is 5.10 Å². The van der Waals surface area contributed by atoms with E-state index in [-0.39, 0.29) is 11.9 Å². The quantitative estimate of drug-likeness (QED) is 0.945. The molecule has 19 heavy (non-hydrogen) atoms. The van der Waals surface area contributed by atoms with Gasteiger partial charge in [-0.05, 0) is 25.1 Å². The first-order valence-corrected chi connectivity index (χ1v) is 6.47. The van der Waals surface area contributed by atoms with Crippen molar-refractivity contribution in [3.63, 3.8) is 0 Å². The van der Waals surface area contributed by atoms with Crippen molar-refractivity contribution in [2.24, 2.45) is 7.05 Å². The normalized spacial score (nSPS) is 12.2. The predicted octanol–water partition coefficient (Wildman–Crippen LogP) is 3.22.